The predicted molar refractivity (Wildman–Crippen MR) is 55.1 cm³/mol. The second kappa shape index (κ2) is 6.58. The molecule has 0 aromatic rings. The molecule has 6 heteroatoms. The first kappa shape index (κ1) is 13.2. The van der Waals surface area contributed by atoms with Gasteiger partial charge in [-0.2, -0.15) is 19.2 Å². The van der Waals surface area contributed by atoms with E-state index in [0.29, 0.717) is 12.2 Å². The Bertz CT molecular complexity index is 185. The van der Waals surface area contributed by atoms with Gasteiger partial charge in [-0.3, -0.25) is 0 Å². The van der Waals surface area contributed by atoms with Crippen LogP contribution < -0.4 is 0 Å². The molecule has 0 rings (SSSR count). The van der Waals surface area contributed by atoms with Gasteiger partial charge < -0.3 is 0 Å². The van der Waals surface area contributed by atoms with Crippen molar-refractivity contribution in [2.45, 2.75) is 26.4 Å². The van der Waals surface area contributed by atoms with E-state index in [1.807, 2.05) is 19.9 Å². The second-order valence-electron chi connectivity index (χ2n) is 2.55. The molecule has 0 heterocycles. The Morgan fingerprint density at radius 2 is 2.23 bits per heavy atom. The smallest absolute Gasteiger partial charge is 0.198 e. The van der Waals surface area contributed by atoms with Crippen LogP contribution >= 0.6 is 18.5 Å². The summed E-state index contributed by atoms with van der Waals surface area (Å²) in [6.07, 6.45) is 0.311. The number of nitrogens with zero attached hydrogens (tertiary/aromatic N) is 1. The highest BCUT2D eigenvalue weighted by Crippen LogP contribution is 2.68. The summed E-state index contributed by atoms with van der Waals surface area (Å²) in [6, 6.07) is 1.99. The van der Waals surface area contributed by atoms with Gasteiger partial charge in [0, 0.05) is 6.42 Å². The van der Waals surface area contributed by atoms with E-state index in [4.69, 9.17) is 14.3 Å². The molecule has 0 saturated heterocycles. The molecular formula is C7H15NO3PS+. The summed E-state index contributed by atoms with van der Waals surface area (Å²) < 4.78 is 10.1. The van der Waals surface area contributed by atoms with E-state index in [0.717, 1.165) is 0 Å². The van der Waals surface area contributed by atoms with Crippen LogP contribution in [0.4, 0.5) is 0 Å². The second-order valence-corrected chi connectivity index (χ2v) is 6.89. The van der Waals surface area contributed by atoms with Crippen molar-refractivity contribution in [3.63, 3.8) is 0 Å². The van der Waals surface area contributed by atoms with Crippen molar-refractivity contribution in [1.29, 1.82) is 5.26 Å². The summed E-state index contributed by atoms with van der Waals surface area (Å²) in [5.41, 5.74) is 0. The standard InChI is InChI=1S/C7H15NO3PS/c1-7(2)11-12(9,10-3)13-6-4-5-8/h7,9H,4,6H2,1-3H3/q+1. The largest absolute Gasteiger partial charge is 0.478 e. The Morgan fingerprint density at radius 1 is 1.62 bits per heavy atom. The van der Waals surface area contributed by atoms with E-state index in [2.05, 4.69) is 0 Å². The molecule has 0 saturated carbocycles. The molecule has 1 N–H and O–H groups in total. The van der Waals surface area contributed by atoms with E-state index in [-0.39, 0.29) is 6.10 Å². The van der Waals surface area contributed by atoms with Crippen molar-refractivity contribution in [3.8, 4) is 6.07 Å². The lowest BCUT2D eigenvalue weighted by molar-refractivity contribution is 0.178. The van der Waals surface area contributed by atoms with Gasteiger partial charge in [-0.05, 0) is 13.8 Å². The quantitative estimate of drug-likeness (QED) is 0.554. The van der Waals surface area contributed by atoms with Crippen LogP contribution in [0.15, 0.2) is 0 Å². The van der Waals surface area contributed by atoms with Crippen LogP contribution in [0.2, 0.25) is 0 Å². The third kappa shape index (κ3) is 6.25. The maximum absolute atomic E-state index is 9.74. The first-order valence-electron chi connectivity index (χ1n) is 3.91. The normalized spacial score (nSPS) is 15.4. The highest BCUT2D eigenvalue weighted by molar-refractivity contribution is 8.57. The monoisotopic (exact) mass is 224 g/mol. The molecule has 0 amide bonds. The Morgan fingerprint density at radius 3 is 2.62 bits per heavy atom. The summed E-state index contributed by atoms with van der Waals surface area (Å²) in [7, 11) is -1.36. The fourth-order valence-electron chi connectivity index (χ4n) is 0.599. The first-order valence-corrected chi connectivity index (χ1v) is 7.08. The van der Waals surface area contributed by atoms with Crippen LogP contribution in [-0.4, -0.2) is 23.9 Å². The van der Waals surface area contributed by atoms with Crippen LogP contribution in [0.25, 0.3) is 0 Å². The lowest BCUT2D eigenvalue weighted by Gasteiger charge is -2.14. The minimum atomic E-state index is -2.77. The topological polar surface area (TPSA) is 62.5 Å². The molecule has 0 aliphatic rings. The lowest BCUT2D eigenvalue weighted by Crippen LogP contribution is -2.04. The number of rotatable bonds is 6. The lowest BCUT2D eigenvalue weighted by atomic mass is 10.5. The Labute approximate surface area is 83.6 Å². The van der Waals surface area contributed by atoms with Crippen molar-refractivity contribution in [1.82, 2.24) is 0 Å². The molecule has 0 aromatic heterocycles. The third-order valence-electron chi connectivity index (χ3n) is 1.04. The van der Waals surface area contributed by atoms with E-state index < -0.39 is 7.15 Å². The average molecular weight is 224 g/mol. The van der Waals surface area contributed by atoms with Crippen molar-refractivity contribution in [2.75, 3.05) is 12.9 Å². The summed E-state index contributed by atoms with van der Waals surface area (Å²) in [5, 5.41) is 8.30. The number of nitriles is 1. The van der Waals surface area contributed by atoms with E-state index in [1.54, 1.807) is 0 Å². The Kier molecular flexibility index (Phi) is 6.66. The molecule has 0 aliphatic heterocycles. The van der Waals surface area contributed by atoms with Crippen molar-refractivity contribution in [2.24, 2.45) is 0 Å². The van der Waals surface area contributed by atoms with Gasteiger partial charge in [0.25, 0.3) is 0 Å². The zero-order valence-electron chi connectivity index (χ0n) is 8.06. The van der Waals surface area contributed by atoms with Crippen LogP contribution in [0.1, 0.15) is 20.3 Å². The molecule has 0 aromatic carbocycles. The molecule has 1 atom stereocenters. The van der Waals surface area contributed by atoms with Gasteiger partial charge in [0.1, 0.15) is 17.5 Å². The molecule has 0 aliphatic carbocycles. The molecule has 0 radical (unpaired) electrons. The molecule has 0 spiro atoms. The van der Waals surface area contributed by atoms with Crippen molar-refractivity contribution < 1.29 is 13.9 Å². The first-order chi connectivity index (χ1) is 6.04. The van der Waals surface area contributed by atoms with Crippen LogP contribution in [0.5, 0.6) is 0 Å². The van der Waals surface area contributed by atoms with E-state index in [9.17, 15) is 4.89 Å². The maximum atomic E-state index is 9.74. The molecule has 0 fully saturated rings. The van der Waals surface area contributed by atoms with Gasteiger partial charge in [-0.15, -0.1) is 0 Å². The fraction of sp³-hybridized carbons (Fsp3) is 0.857. The zero-order chi connectivity index (χ0) is 10.3. The van der Waals surface area contributed by atoms with Gasteiger partial charge in [0.15, 0.2) is 0 Å². The molecule has 4 nitrogen and oxygen atoms in total. The highest BCUT2D eigenvalue weighted by atomic mass is 32.7. The van der Waals surface area contributed by atoms with Crippen molar-refractivity contribution in [3.05, 3.63) is 0 Å². The summed E-state index contributed by atoms with van der Waals surface area (Å²) in [6.45, 7) is 3.66. The maximum Gasteiger partial charge on any atom is 0.478 e. The zero-order valence-corrected chi connectivity index (χ0v) is 9.77. The molecule has 13 heavy (non-hydrogen) atoms. The summed E-state index contributed by atoms with van der Waals surface area (Å²) in [5.74, 6) is 0.529. The van der Waals surface area contributed by atoms with Crippen molar-refractivity contribution >= 4 is 18.5 Å². The third-order valence-corrected chi connectivity index (χ3v) is 5.14. The fourth-order valence-corrected chi connectivity index (χ4v) is 3.78. The molecule has 1 unspecified atom stereocenters. The van der Waals surface area contributed by atoms with Crippen LogP contribution in [0, 0.1) is 11.3 Å². The predicted octanol–water partition coefficient (Wildman–Crippen LogP) is 2.37. The Balaban J connectivity index is 3.90. The number of hydrogen-bond donors (Lipinski definition) is 1. The minimum absolute atomic E-state index is 0.0760. The Hall–Kier alpha value is 0.150. The van der Waals surface area contributed by atoms with Crippen LogP contribution in [-0.2, 0) is 9.05 Å². The molecule has 0 bridgehead atoms. The average Bonchev–Trinajstić information content (AvgIpc) is 2.04. The summed E-state index contributed by atoms with van der Waals surface area (Å²) >= 11 is 1.18. The van der Waals surface area contributed by atoms with Crippen LogP contribution in [0.3, 0.4) is 0 Å². The van der Waals surface area contributed by atoms with Gasteiger partial charge in [-0.25, -0.2) is 0 Å². The van der Waals surface area contributed by atoms with E-state index in [1.165, 1.54) is 18.5 Å². The number of hydrogen-bond acceptors (Lipinski definition) is 5. The molecule has 76 valence electrons. The van der Waals surface area contributed by atoms with E-state index >= 15 is 0 Å². The minimum Gasteiger partial charge on any atom is -0.198 e. The molecular weight excluding hydrogens is 209 g/mol. The SMILES string of the molecule is CO[P+](O)(OC(C)C)SCCC#N. The summed E-state index contributed by atoms with van der Waals surface area (Å²) in [4.78, 5) is 9.74. The van der Waals surface area contributed by atoms with Gasteiger partial charge >= 0.3 is 7.15 Å². The van der Waals surface area contributed by atoms with Gasteiger partial charge in [0.2, 0.25) is 0 Å². The van der Waals surface area contributed by atoms with Gasteiger partial charge in [0.05, 0.1) is 18.9 Å². The highest BCUT2D eigenvalue weighted by Gasteiger charge is 2.42. The van der Waals surface area contributed by atoms with Gasteiger partial charge in [-0.1, -0.05) is 0 Å².